The van der Waals surface area contributed by atoms with Gasteiger partial charge in [0.15, 0.2) is 11.6 Å². The van der Waals surface area contributed by atoms with E-state index in [0.717, 1.165) is 12.1 Å². The quantitative estimate of drug-likeness (QED) is 0.848. The maximum atomic E-state index is 13.1. The number of rotatable bonds is 6. The zero-order valence-electron chi connectivity index (χ0n) is 12.9. The molecule has 1 rings (SSSR count). The third kappa shape index (κ3) is 5.08. The van der Waals surface area contributed by atoms with Gasteiger partial charge in [-0.2, -0.15) is 0 Å². The second-order valence-corrected chi connectivity index (χ2v) is 6.38. The summed E-state index contributed by atoms with van der Waals surface area (Å²) in [6.45, 7) is 7.88. The van der Waals surface area contributed by atoms with Crippen molar-refractivity contribution in [2.24, 2.45) is 11.3 Å². The molecule has 0 radical (unpaired) electrons. The summed E-state index contributed by atoms with van der Waals surface area (Å²) in [6, 6.07) is 3.40. The van der Waals surface area contributed by atoms with Crippen LogP contribution in [0.4, 0.5) is 8.78 Å². The highest BCUT2D eigenvalue weighted by Crippen LogP contribution is 2.25. The largest absolute Gasteiger partial charge is 0.392 e. The average molecular weight is 299 g/mol. The van der Waals surface area contributed by atoms with Gasteiger partial charge in [-0.1, -0.05) is 33.8 Å². The summed E-state index contributed by atoms with van der Waals surface area (Å²) in [7, 11) is 0. The Labute approximate surface area is 124 Å². The smallest absolute Gasteiger partial charge is 0.224 e. The fraction of sp³-hybridized carbons (Fsp3) is 0.562. The first-order chi connectivity index (χ1) is 9.63. The molecule has 0 fully saturated rings. The number of aliphatic hydroxyl groups is 1. The molecule has 1 amide bonds. The molecule has 5 heteroatoms. The molecular weight excluding hydrogens is 276 g/mol. The minimum atomic E-state index is -0.962. The van der Waals surface area contributed by atoms with Crippen LogP contribution in [0, 0.1) is 23.0 Å². The minimum Gasteiger partial charge on any atom is -0.392 e. The Hall–Kier alpha value is -1.49. The first-order valence-electron chi connectivity index (χ1n) is 7.02. The summed E-state index contributed by atoms with van der Waals surface area (Å²) < 4.78 is 25.9. The van der Waals surface area contributed by atoms with E-state index in [4.69, 9.17) is 0 Å². The number of carbonyl (C=O) groups excluding carboxylic acids is 1. The van der Waals surface area contributed by atoms with Crippen LogP contribution < -0.4 is 5.32 Å². The second-order valence-electron chi connectivity index (χ2n) is 6.38. The fourth-order valence-electron chi connectivity index (χ4n) is 2.23. The van der Waals surface area contributed by atoms with Gasteiger partial charge >= 0.3 is 0 Å². The first kappa shape index (κ1) is 17.6. The van der Waals surface area contributed by atoms with Crippen molar-refractivity contribution in [1.29, 1.82) is 0 Å². The molecule has 0 aromatic heterocycles. The Kier molecular flexibility index (Phi) is 5.84. The highest BCUT2D eigenvalue weighted by atomic mass is 19.2. The molecule has 1 aromatic carbocycles. The third-order valence-corrected chi connectivity index (χ3v) is 3.52. The average Bonchev–Trinajstić information content (AvgIpc) is 2.40. The van der Waals surface area contributed by atoms with Crippen LogP contribution in [-0.4, -0.2) is 23.7 Å². The molecule has 1 atom stereocenters. The number of halogens is 2. The maximum absolute atomic E-state index is 13.1. The van der Waals surface area contributed by atoms with Gasteiger partial charge < -0.3 is 10.4 Å². The highest BCUT2D eigenvalue weighted by molar-refractivity contribution is 5.78. The number of carbonyl (C=O) groups is 1. The topological polar surface area (TPSA) is 49.3 Å². The van der Waals surface area contributed by atoms with Crippen LogP contribution in [0.5, 0.6) is 0 Å². The molecule has 0 heterocycles. The number of benzene rings is 1. The van der Waals surface area contributed by atoms with E-state index in [1.807, 2.05) is 27.7 Å². The Morgan fingerprint density at radius 3 is 2.43 bits per heavy atom. The van der Waals surface area contributed by atoms with Crippen LogP contribution in [0.25, 0.3) is 0 Å². The van der Waals surface area contributed by atoms with Crippen LogP contribution >= 0.6 is 0 Å². The van der Waals surface area contributed by atoms with Gasteiger partial charge in [0.05, 0.1) is 12.5 Å². The van der Waals surface area contributed by atoms with Gasteiger partial charge in [0.2, 0.25) is 5.91 Å². The van der Waals surface area contributed by atoms with Crippen molar-refractivity contribution in [2.75, 3.05) is 6.54 Å². The predicted octanol–water partition coefficient (Wildman–Crippen LogP) is 2.67. The van der Waals surface area contributed by atoms with E-state index < -0.39 is 23.2 Å². The molecule has 0 bridgehead atoms. The van der Waals surface area contributed by atoms with Gasteiger partial charge in [-0.3, -0.25) is 4.79 Å². The lowest BCUT2D eigenvalue weighted by Crippen LogP contribution is -2.43. The summed E-state index contributed by atoms with van der Waals surface area (Å²) in [5.41, 5.74) is -0.0497. The standard InChI is InChI=1S/C16H23F2NO2/c1-10(2)15(21)16(3,4)9-19-14(20)8-11-5-6-12(17)13(18)7-11/h5-7,10,15,21H,8-9H2,1-4H3,(H,19,20). The van der Waals surface area contributed by atoms with E-state index in [1.165, 1.54) is 6.07 Å². The molecule has 0 aliphatic carbocycles. The Balaban J connectivity index is 2.56. The van der Waals surface area contributed by atoms with Crippen LogP contribution in [0.3, 0.4) is 0 Å². The summed E-state index contributed by atoms with van der Waals surface area (Å²) in [5, 5.41) is 12.8. The first-order valence-corrected chi connectivity index (χ1v) is 7.02. The molecule has 0 saturated carbocycles. The molecular formula is C16H23F2NO2. The van der Waals surface area contributed by atoms with Crippen LogP contribution in [0.15, 0.2) is 18.2 Å². The number of amides is 1. The van der Waals surface area contributed by atoms with E-state index in [1.54, 1.807) is 0 Å². The molecule has 0 aliphatic heterocycles. The monoisotopic (exact) mass is 299 g/mol. The van der Waals surface area contributed by atoms with Gasteiger partial charge in [-0.05, 0) is 23.6 Å². The normalized spacial score (nSPS) is 13.3. The van der Waals surface area contributed by atoms with Gasteiger partial charge in [0, 0.05) is 12.0 Å². The molecule has 1 aromatic rings. The van der Waals surface area contributed by atoms with Crippen molar-refractivity contribution in [3.8, 4) is 0 Å². The lowest BCUT2D eigenvalue weighted by Gasteiger charge is -2.33. The summed E-state index contributed by atoms with van der Waals surface area (Å²) in [5.74, 6) is -2.09. The number of aliphatic hydroxyl groups excluding tert-OH is 1. The Morgan fingerprint density at radius 1 is 1.29 bits per heavy atom. The second kappa shape index (κ2) is 6.98. The molecule has 3 nitrogen and oxygen atoms in total. The van der Waals surface area contributed by atoms with Crippen LogP contribution in [0.1, 0.15) is 33.3 Å². The van der Waals surface area contributed by atoms with Gasteiger partial charge in [0.25, 0.3) is 0 Å². The van der Waals surface area contributed by atoms with Crippen molar-refractivity contribution in [2.45, 2.75) is 40.2 Å². The fourth-order valence-corrected chi connectivity index (χ4v) is 2.23. The Morgan fingerprint density at radius 2 is 1.90 bits per heavy atom. The van der Waals surface area contributed by atoms with Crippen LogP contribution in [0.2, 0.25) is 0 Å². The third-order valence-electron chi connectivity index (χ3n) is 3.52. The minimum absolute atomic E-state index is 0.0228. The van der Waals surface area contributed by atoms with E-state index in [9.17, 15) is 18.7 Å². The molecule has 21 heavy (non-hydrogen) atoms. The number of nitrogens with one attached hydrogen (secondary N) is 1. The SMILES string of the molecule is CC(C)C(O)C(C)(C)CNC(=O)Cc1ccc(F)c(F)c1. The van der Waals surface area contributed by atoms with Crippen molar-refractivity contribution < 1.29 is 18.7 Å². The molecule has 1 unspecified atom stereocenters. The lowest BCUT2D eigenvalue weighted by atomic mass is 9.80. The van der Waals surface area contributed by atoms with E-state index >= 15 is 0 Å². The van der Waals surface area contributed by atoms with E-state index in [-0.39, 0.29) is 18.2 Å². The van der Waals surface area contributed by atoms with Crippen LogP contribution in [-0.2, 0) is 11.2 Å². The highest BCUT2D eigenvalue weighted by Gasteiger charge is 2.30. The molecule has 0 aliphatic rings. The molecule has 0 saturated heterocycles. The van der Waals surface area contributed by atoms with Gasteiger partial charge in [-0.15, -0.1) is 0 Å². The molecule has 0 spiro atoms. The van der Waals surface area contributed by atoms with E-state index in [0.29, 0.717) is 12.1 Å². The van der Waals surface area contributed by atoms with Crippen molar-refractivity contribution in [3.63, 3.8) is 0 Å². The molecule has 118 valence electrons. The Bertz CT molecular complexity index is 501. The summed E-state index contributed by atoms with van der Waals surface area (Å²) in [6.07, 6.45) is -0.563. The number of hydrogen-bond donors (Lipinski definition) is 2. The zero-order valence-corrected chi connectivity index (χ0v) is 12.9. The van der Waals surface area contributed by atoms with Crippen molar-refractivity contribution in [1.82, 2.24) is 5.32 Å². The maximum Gasteiger partial charge on any atom is 0.224 e. The summed E-state index contributed by atoms with van der Waals surface area (Å²) in [4.78, 5) is 11.8. The lowest BCUT2D eigenvalue weighted by molar-refractivity contribution is -0.121. The molecule has 2 N–H and O–H groups in total. The van der Waals surface area contributed by atoms with E-state index in [2.05, 4.69) is 5.32 Å². The van der Waals surface area contributed by atoms with Crippen molar-refractivity contribution >= 4 is 5.91 Å². The van der Waals surface area contributed by atoms with Gasteiger partial charge in [0.1, 0.15) is 0 Å². The van der Waals surface area contributed by atoms with Gasteiger partial charge in [-0.25, -0.2) is 8.78 Å². The van der Waals surface area contributed by atoms with Crippen molar-refractivity contribution in [3.05, 3.63) is 35.4 Å². The summed E-state index contributed by atoms with van der Waals surface area (Å²) >= 11 is 0. The predicted molar refractivity (Wildman–Crippen MR) is 77.7 cm³/mol. The number of hydrogen-bond acceptors (Lipinski definition) is 2. The zero-order chi connectivity index (χ0) is 16.2.